The van der Waals surface area contributed by atoms with Gasteiger partial charge in [-0.3, -0.25) is 19.2 Å². The maximum Gasteiger partial charge on any atom is 0.358 e. The van der Waals surface area contributed by atoms with Gasteiger partial charge in [-0.25, -0.2) is 4.79 Å². The molecule has 0 saturated carbocycles. The van der Waals surface area contributed by atoms with Crippen molar-refractivity contribution in [2.75, 3.05) is 153 Å². The third kappa shape index (κ3) is 27.4. The zero-order valence-corrected chi connectivity index (χ0v) is 29.7. The first-order valence-corrected chi connectivity index (χ1v) is 16.7. The van der Waals surface area contributed by atoms with Gasteiger partial charge in [-0.05, 0) is 0 Å². The summed E-state index contributed by atoms with van der Waals surface area (Å²) in [5.74, 6) is -2.69. The van der Waals surface area contributed by atoms with E-state index in [1.807, 2.05) is 0 Å². The van der Waals surface area contributed by atoms with Gasteiger partial charge >= 0.3 is 5.97 Å². The summed E-state index contributed by atoms with van der Waals surface area (Å²) < 4.78 is 58.3. The first kappa shape index (κ1) is 46.1. The van der Waals surface area contributed by atoms with Gasteiger partial charge in [-0.1, -0.05) is 0 Å². The predicted octanol–water partition coefficient (Wildman–Crippen LogP) is -2.36. The molecule has 0 aromatic rings. The Bertz CT molecular complexity index is 883. The Hall–Kier alpha value is -2.89. The second-order valence-corrected chi connectivity index (χ2v) is 10.4. The van der Waals surface area contributed by atoms with E-state index in [1.54, 1.807) is 14.2 Å². The molecule has 51 heavy (non-hydrogen) atoms. The zero-order valence-electron chi connectivity index (χ0n) is 29.7. The predicted molar refractivity (Wildman–Crippen MR) is 173 cm³/mol. The number of nitrogens with one attached hydrogen (secondary N) is 2. The molecular weight excluding hydrogens is 686 g/mol. The molecule has 0 unspecified atom stereocenters. The fourth-order valence-electron chi connectivity index (χ4n) is 3.67. The van der Waals surface area contributed by atoms with Gasteiger partial charge in [0, 0.05) is 40.2 Å². The minimum Gasteiger partial charge on any atom is -0.382 e. The number of hydrogen-bond donors (Lipinski definition) is 2. The highest BCUT2D eigenvalue weighted by Gasteiger charge is 2.33. The van der Waals surface area contributed by atoms with Crippen molar-refractivity contribution in [3.63, 3.8) is 0 Å². The lowest BCUT2D eigenvalue weighted by Gasteiger charge is -2.19. The van der Waals surface area contributed by atoms with Crippen LogP contribution in [0, 0.1) is 0 Å². The molecule has 0 atom stereocenters. The van der Waals surface area contributed by atoms with Crippen molar-refractivity contribution in [2.24, 2.45) is 0 Å². The highest BCUT2D eigenvalue weighted by atomic mass is 16.7. The van der Waals surface area contributed by atoms with Gasteiger partial charge in [-0.15, -0.1) is 5.06 Å². The standard InChI is InChI=1S/C31H55N3O17/c1-40-9-11-44-15-19-48-23-27(35)32-5-7-42-13-17-46-21-26(50-25-31(39)51-34-29(37)3-4-30(34)38)22-47-18-14-43-8-6-33-28(36)24-49-20-16-45-12-10-41-2/h26H,3-25H2,1-2H3,(H,32,35)(H,33,36). The van der Waals surface area contributed by atoms with E-state index in [2.05, 4.69) is 10.6 Å². The van der Waals surface area contributed by atoms with E-state index < -0.39 is 30.5 Å². The van der Waals surface area contributed by atoms with Gasteiger partial charge in [0.1, 0.15) is 25.9 Å². The van der Waals surface area contributed by atoms with Crippen LogP contribution in [0.5, 0.6) is 0 Å². The average molecular weight is 742 g/mol. The third-order valence-electron chi connectivity index (χ3n) is 6.20. The molecular formula is C31H55N3O17. The molecule has 0 spiro atoms. The van der Waals surface area contributed by atoms with Crippen LogP contribution in [-0.4, -0.2) is 194 Å². The Morgan fingerprint density at radius 3 is 1.39 bits per heavy atom. The van der Waals surface area contributed by atoms with Gasteiger partial charge in [0.05, 0.1) is 106 Å². The lowest BCUT2D eigenvalue weighted by atomic mass is 10.4. The number of hydrogen-bond acceptors (Lipinski definition) is 17. The van der Waals surface area contributed by atoms with Crippen LogP contribution in [0.2, 0.25) is 0 Å². The smallest absolute Gasteiger partial charge is 0.358 e. The molecule has 4 amide bonds. The van der Waals surface area contributed by atoms with Gasteiger partial charge in [0.2, 0.25) is 11.8 Å². The number of ether oxygens (including phenoxy) is 11. The number of rotatable bonds is 36. The first-order valence-electron chi connectivity index (χ1n) is 16.7. The van der Waals surface area contributed by atoms with Gasteiger partial charge in [-0.2, -0.15) is 0 Å². The quantitative estimate of drug-likeness (QED) is 0.0506. The van der Waals surface area contributed by atoms with Crippen molar-refractivity contribution in [1.82, 2.24) is 15.7 Å². The third-order valence-corrected chi connectivity index (χ3v) is 6.20. The molecule has 20 heteroatoms. The largest absolute Gasteiger partial charge is 0.382 e. The molecule has 1 heterocycles. The van der Waals surface area contributed by atoms with E-state index in [0.29, 0.717) is 57.9 Å². The van der Waals surface area contributed by atoms with Crippen molar-refractivity contribution in [1.29, 1.82) is 0 Å². The van der Waals surface area contributed by atoms with Crippen LogP contribution in [0.15, 0.2) is 0 Å². The Morgan fingerprint density at radius 2 is 0.941 bits per heavy atom. The van der Waals surface area contributed by atoms with Gasteiger partial charge < -0.3 is 67.6 Å². The molecule has 1 aliphatic rings. The van der Waals surface area contributed by atoms with E-state index in [0.717, 1.165) is 0 Å². The second kappa shape index (κ2) is 33.0. The highest BCUT2D eigenvalue weighted by molar-refractivity contribution is 6.01. The Kier molecular flexibility index (Phi) is 29.8. The second-order valence-electron chi connectivity index (χ2n) is 10.4. The number of carbonyl (C=O) groups excluding carboxylic acids is 5. The SMILES string of the molecule is COCCOCCOCC(=O)NCCOCCOCC(COCCOCCNC(=O)COCCOCCOC)OCC(=O)ON1C(=O)CCC1=O. The van der Waals surface area contributed by atoms with E-state index in [9.17, 15) is 24.0 Å². The van der Waals surface area contributed by atoms with E-state index in [1.165, 1.54) is 0 Å². The number of carbonyl (C=O) groups is 5. The minimum absolute atomic E-state index is 0.0235. The van der Waals surface area contributed by atoms with Crippen LogP contribution in [0.1, 0.15) is 12.8 Å². The number of nitrogens with zero attached hydrogens (tertiary/aromatic N) is 1. The maximum atomic E-state index is 12.2. The van der Waals surface area contributed by atoms with Crippen LogP contribution in [0.25, 0.3) is 0 Å². The summed E-state index contributed by atoms with van der Waals surface area (Å²) in [6.07, 6.45) is -0.765. The number of amides is 4. The Morgan fingerprint density at radius 1 is 0.549 bits per heavy atom. The van der Waals surface area contributed by atoms with E-state index >= 15 is 0 Å². The average Bonchev–Trinajstić information content (AvgIpc) is 3.43. The zero-order chi connectivity index (χ0) is 37.2. The van der Waals surface area contributed by atoms with Crippen LogP contribution in [0.4, 0.5) is 0 Å². The summed E-state index contributed by atoms with van der Waals surface area (Å²) in [4.78, 5) is 64.0. The van der Waals surface area contributed by atoms with Crippen molar-refractivity contribution in [2.45, 2.75) is 18.9 Å². The summed E-state index contributed by atoms with van der Waals surface area (Å²) in [6.45, 7) is 4.40. The normalized spacial score (nSPS) is 13.0. The van der Waals surface area contributed by atoms with Crippen molar-refractivity contribution >= 4 is 29.6 Å². The lowest BCUT2D eigenvalue weighted by molar-refractivity contribution is -0.202. The maximum absolute atomic E-state index is 12.2. The van der Waals surface area contributed by atoms with Crippen molar-refractivity contribution in [3.05, 3.63) is 0 Å². The molecule has 1 fully saturated rings. The molecule has 20 nitrogen and oxygen atoms in total. The van der Waals surface area contributed by atoms with Crippen LogP contribution in [-0.2, 0) is 80.9 Å². The van der Waals surface area contributed by atoms with E-state index in [4.69, 9.17) is 56.9 Å². The first-order chi connectivity index (χ1) is 24.9. The molecule has 0 radical (unpaired) electrons. The molecule has 2 N–H and O–H groups in total. The summed E-state index contributed by atoms with van der Waals surface area (Å²) in [6, 6.07) is 0. The number of hydroxylamine groups is 2. The summed E-state index contributed by atoms with van der Waals surface area (Å²) in [5, 5.41) is 5.78. The molecule has 1 aliphatic heterocycles. The molecule has 0 aromatic heterocycles. The molecule has 1 saturated heterocycles. The summed E-state index contributed by atoms with van der Waals surface area (Å²) >= 11 is 0. The fourth-order valence-corrected chi connectivity index (χ4v) is 3.67. The van der Waals surface area contributed by atoms with Crippen molar-refractivity contribution < 1.29 is 80.9 Å². The number of imide groups is 1. The molecule has 0 aliphatic carbocycles. The highest BCUT2D eigenvalue weighted by Crippen LogP contribution is 2.12. The summed E-state index contributed by atoms with van der Waals surface area (Å²) in [5.41, 5.74) is 0. The molecule has 0 aromatic carbocycles. The lowest BCUT2D eigenvalue weighted by Crippen LogP contribution is -2.35. The Labute approximate surface area is 298 Å². The van der Waals surface area contributed by atoms with E-state index in [-0.39, 0.29) is 104 Å². The monoisotopic (exact) mass is 741 g/mol. The van der Waals surface area contributed by atoms with Crippen LogP contribution in [0.3, 0.4) is 0 Å². The molecule has 296 valence electrons. The molecule has 1 rings (SSSR count). The fraction of sp³-hybridized carbons (Fsp3) is 0.839. The van der Waals surface area contributed by atoms with Crippen LogP contribution >= 0.6 is 0 Å². The van der Waals surface area contributed by atoms with Gasteiger partial charge in [0.15, 0.2) is 0 Å². The topological polar surface area (TPSA) is 223 Å². The molecule has 0 bridgehead atoms. The number of methoxy groups -OCH3 is 2. The van der Waals surface area contributed by atoms with Crippen molar-refractivity contribution in [3.8, 4) is 0 Å². The summed E-state index contributed by atoms with van der Waals surface area (Å²) in [7, 11) is 3.16. The van der Waals surface area contributed by atoms with Crippen LogP contribution < -0.4 is 10.6 Å². The minimum atomic E-state index is -0.930. The Balaban J connectivity index is 2.21. The van der Waals surface area contributed by atoms with Gasteiger partial charge in [0.25, 0.3) is 11.8 Å².